The van der Waals surface area contributed by atoms with Gasteiger partial charge in [0.05, 0.1) is 6.20 Å². The zero-order valence-electron chi connectivity index (χ0n) is 4.65. The van der Waals surface area contributed by atoms with Crippen molar-refractivity contribution >= 4 is 5.57 Å². The Bertz CT molecular complexity index is 240. The minimum atomic E-state index is 0.852. The van der Waals surface area contributed by atoms with Crippen LogP contribution in [0.2, 0.25) is 0 Å². The predicted molar refractivity (Wildman–Crippen MR) is 30.2 cm³/mol. The van der Waals surface area contributed by atoms with Gasteiger partial charge in [0.2, 0.25) is 0 Å². The van der Waals surface area contributed by atoms with E-state index in [9.17, 15) is 0 Å². The SMILES string of the molecule is C1=C(c2cnnnn2)C1. The third kappa shape index (κ3) is 0.782. The van der Waals surface area contributed by atoms with Gasteiger partial charge in [0, 0.05) is 0 Å². The molecule has 0 unspecified atom stereocenters. The number of rotatable bonds is 1. The lowest BCUT2D eigenvalue weighted by molar-refractivity contribution is 0.754. The third-order valence-corrected chi connectivity index (χ3v) is 1.16. The summed E-state index contributed by atoms with van der Waals surface area (Å²) in [5.74, 6) is 0. The number of nitrogens with zero attached hydrogens (tertiary/aromatic N) is 4. The molecule has 0 N–H and O–H groups in total. The summed E-state index contributed by atoms with van der Waals surface area (Å²) < 4.78 is 0. The van der Waals surface area contributed by atoms with E-state index in [1.165, 1.54) is 5.57 Å². The van der Waals surface area contributed by atoms with Crippen molar-refractivity contribution in [3.05, 3.63) is 18.0 Å². The van der Waals surface area contributed by atoms with E-state index in [1.54, 1.807) is 6.20 Å². The lowest BCUT2D eigenvalue weighted by Gasteiger charge is -1.84. The Kier molecular flexibility index (Phi) is 0.798. The van der Waals surface area contributed by atoms with Crippen LogP contribution in [0.5, 0.6) is 0 Å². The number of aromatic nitrogens is 4. The average molecular weight is 120 g/mol. The highest BCUT2D eigenvalue weighted by Crippen LogP contribution is 2.27. The van der Waals surface area contributed by atoms with Crippen LogP contribution in [0.1, 0.15) is 12.1 Å². The largest absolute Gasteiger partial charge is 0.135 e. The van der Waals surface area contributed by atoms with Gasteiger partial charge in [0.15, 0.2) is 0 Å². The molecule has 1 aromatic rings. The molecule has 2 rings (SSSR count). The molecule has 1 heterocycles. The maximum absolute atomic E-state index is 3.75. The summed E-state index contributed by atoms with van der Waals surface area (Å²) in [4.78, 5) is 0. The zero-order chi connectivity index (χ0) is 6.10. The molecule has 4 heteroatoms. The first-order valence-corrected chi connectivity index (χ1v) is 2.67. The molecule has 0 bridgehead atoms. The minimum absolute atomic E-state index is 0.852. The van der Waals surface area contributed by atoms with Crippen molar-refractivity contribution in [3.8, 4) is 0 Å². The molecule has 0 saturated heterocycles. The lowest BCUT2D eigenvalue weighted by atomic mass is 10.4. The molecule has 0 radical (unpaired) electrons. The predicted octanol–water partition coefficient (Wildman–Crippen LogP) is 0.0537. The van der Waals surface area contributed by atoms with Gasteiger partial charge in [-0.25, -0.2) is 0 Å². The van der Waals surface area contributed by atoms with Crippen LogP contribution < -0.4 is 0 Å². The molecule has 1 aliphatic carbocycles. The second-order valence-electron chi connectivity index (χ2n) is 1.84. The Labute approximate surface area is 51.6 Å². The van der Waals surface area contributed by atoms with E-state index in [0.29, 0.717) is 0 Å². The fourth-order valence-corrected chi connectivity index (χ4v) is 0.605. The van der Waals surface area contributed by atoms with Crippen LogP contribution in [0.4, 0.5) is 0 Å². The molecule has 0 aromatic carbocycles. The molecular formula is C5H4N4. The van der Waals surface area contributed by atoms with Crippen LogP contribution in [-0.2, 0) is 0 Å². The van der Waals surface area contributed by atoms with Gasteiger partial charge >= 0.3 is 0 Å². The standard InChI is InChI=1S/C5H4N4/c1-2-4(1)5-3-6-8-9-7-5/h1,3H,2H2. The summed E-state index contributed by atoms with van der Waals surface area (Å²) in [7, 11) is 0. The Balaban J connectivity index is 2.40. The maximum atomic E-state index is 3.75. The second-order valence-corrected chi connectivity index (χ2v) is 1.84. The monoisotopic (exact) mass is 120 g/mol. The van der Waals surface area contributed by atoms with Gasteiger partial charge in [-0.3, -0.25) is 0 Å². The Morgan fingerprint density at radius 3 is 2.78 bits per heavy atom. The van der Waals surface area contributed by atoms with Gasteiger partial charge in [-0.1, -0.05) is 6.08 Å². The molecule has 0 spiro atoms. The summed E-state index contributed by atoms with van der Waals surface area (Å²) in [5.41, 5.74) is 2.07. The van der Waals surface area contributed by atoms with Gasteiger partial charge in [-0.2, -0.15) is 0 Å². The van der Waals surface area contributed by atoms with E-state index in [1.807, 2.05) is 0 Å². The molecule has 0 amide bonds. The normalized spacial score (nSPS) is 14.9. The second kappa shape index (κ2) is 1.58. The molecule has 0 saturated carbocycles. The van der Waals surface area contributed by atoms with E-state index in [-0.39, 0.29) is 0 Å². The van der Waals surface area contributed by atoms with Gasteiger partial charge < -0.3 is 0 Å². The molecule has 44 valence electrons. The van der Waals surface area contributed by atoms with Gasteiger partial charge in [0.25, 0.3) is 0 Å². The minimum Gasteiger partial charge on any atom is -0.135 e. The van der Waals surface area contributed by atoms with E-state index < -0.39 is 0 Å². The van der Waals surface area contributed by atoms with Crippen LogP contribution in [0.15, 0.2) is 12.3 Å². The summed E-state index contributed by atoms with van der Waals surface area (Å²) in [5, 5.41) is 14.0. The third-order valence-electron chi connectivity index (χ3n) is 1.16. The van der Waals surface area contributed by atoms with Gasteiger partial charge in [0.1, 0.15) is 5.69 Å². The fraction of sp³-hybridized carbons (Fsp3) is 0.200. The molecule has 0 fully saturated rings. The van der Waals surface area contributed by atoms with Crippen molar-refractivity contribution in [2.45, 2.75) is 6.42 Å². The zero-order valence-corrected chi connectivity index (χ0v) is 4.65. The Morgan fingerprint density at radius 2 is 2.22 bits per heavy atom. The average Bonchev–Trinajstić information content (AvgIpc) is 2.71. The van der Waals surface area contributed by atoms with Crippen molar-refractivity contribution in [1.82, 2.24) is 20.6 Å². The molecule has 0 aliphatic heterocycles. The first kappa shape index (κ1) is 4.55. The first-order chi connectivity index (χ1) is 4.47. The summed E-state index contributed by atoms with van der Waals surface area (Å²) >= 11 is 0. The van der Waals surface area contributed by atoms with E-state index in [0.717, 1.165) is 12.1 Å². The van der Waals surface area contributed by atoms with Crippen molar-refractivity contribution < 1.29 is 0 Å². The van der Waals surface area contributed by atoms with Crippen molar-refractivity contribution in [2.24, 2.45) is 0 Å². The van der Waals surface area contributed by atoms with E-state index >= 15 is 0 Å². The molecule has 4 nitrogen and oxygen atoms in total. The van der Waals surface area contributed by atoms with Gasteiger partial charge in [-0.05, 0) is 22.4 Å². The first-order valence-electron chi connectivity index (χ1n) is 2.67. The van der Waals surface area contributed by atoms with Crippen molar-refractivity contribution in [1.29, 1.82) is 0 Å². The number of hydrogen-bond acceptors (Lipinski definition) is 4. The summed E-state index contributed by atoms with van der Waals surface area (Å²) in [6, 6.07) is 0. The molecule has 0 atom stereocenters. The number of allylic oxidation sites excluding steroid dienone is 2. The number of hydrogen-bond donors (Lipinski definition) is 0. The summed E-state index contributed by atoms with van der Waals surface area (Å²) in [6.07, 6.45) is 4.72. The fourth-order valence-electron chi connectivity index (χ4n) is 0.605. The Morgan fingerprint density at radius 1 is 1.33 bits per heavy atom. The summed E-state index contributed by atoms with van der Waals surface area (Å²) in [6.45, 7) is 0. The molecule has 1 aliphatic rings. The highest BCUT2D eigenvalue weighted by Gasteiger charge is 2.11. The Hall–Kier alpha value is -1.32. The highest BCUT2D eigenvalue weighted by molar-refractivity contribution is 5.74. The van der Waals surface area contributed by atoms with Crippen LogP contribution in [0.25, 0.3) is 5.57 Å². The van der Waals surface area contributed by atoms with Crippen molar-refractivity contribution in [3.63, 3.8) is 0 Å². The van der Waals surface area contributed by atoms with Crippen molar-refractivity contribution in [2.75, 3.05) is 0 Å². The highest BCUT2D eigenvalue weighted by atomic mass is 15.4. The molecule has 9 heavy (non-hydrogen) atoms. The van der Waals surface area contributed by atoms with Crippen LogP contribution in [0, 0.1) is 0 Å². The van der Waals surface area contributed by atoms with Crippen LogP contribution in [-0.4, -0.2) is 20.6 Å². The smallest absolute Gasteiger partial charge is 0.111 e. The topological polar surface area (TPSA) is 51.6 Å². The quantitative estimate of drug-likeness (QED) is 0.525. The van der Waals surface area contributed by atoms with Crippen LogP contribution in [0.3, 0.4) is 0 Å². The molecular weight excluding hydrogens is 116 g/mol. The van der Waals surface area contributed by atoms with Crippen LogP contribution >= 0.6 is 0 Å². The van der Waals surface area contributed by atoms with E-state index in [2.05, 4.69) is 26.7 Å². The van der Waals surface area contributed by atoms with E-state index in [4.69, 9.17) is 0 Å². The maximum Gasteiger partial charge on any atom is 0.111 e. The van der Waals surface area contributed by atoms with Gasteiger partial charge in [-0.15, -0.1) is 10.2 Å². The lowest BCUT2D eigenvalue weighted by Crippen LogP contribution is -1.92. The molecule has 1 aromatic heterocycles.